The van der Waals surface area contributed by atoms with Crippen molar-refractivity contribution < 1.29 is 14.3 Å². The zero-order chi connectivity index (χ0) is 24.6. The normalized spacial score (nSPS) is 10.6. The van der Waals surface area contributed by atoms with Crippen molar-refractivity contribution in [2.24, 2.45) is 0 Å². The number of benzene rings is 3. The molecule has 0 fully saturated rings. The number of hydrogen-bond donors (Lipinski definition) is 2. The first kappa shape index (κ1) is 25.1. The number of thiazole rings is 1. The molecule has 1 heterocycles. The molecule has 178 valence electrons. The van der Waals surface area contributed by atoms with Gasteiger partial charge in [-0.15, -0.1) is 23.1 Å². The number of hydrogen-bond acceptors (Lipinski definition) is 6. The fourth-order valence-electron chi connectivity index (χ4n) is 2.95. The molecule has 0 aliphatic heterocycles. The fourth-order valence-corrected chi connectivity index (χ4v) is 4.88. The van der Waals surface area contributed by atoms with Gasteiger partial charge in [-0.1, -0.05) is 41.4 Å². The minimum absolute atomic E-state index is 0.0800. The van der Waals surface area contributed by atoms with Gasteiger partial charge in [-0.05, 0) is 54.6 Å². The van der Waals surface area contributed by atoms with Crippen LogP contribution in [0.3, 0.4) is 0 Å². The van der Waals surface area contributed by atoms with Crippen LogP contribution in [-0.4, -0.2) is 29.2 Å². The molecule has 0 unspecified atom stereocenters. The summed E-state index contributed by atoms with van der Waals surface area (Å²) in [5, 5.41) is 8.96. The second-order valence-corrected chi connectivity index (χ2v) is 9.92. The van der Waals surface area contributed by atoms with Crippen LogP contribution in [0.4, 0.5) is 10.8 Å². The van der Waals surface area contributed by atoms with Crippen molar-refractivity contribution in [1.82, 2.24) is 4.98 Å². The topological polar surface area (TPSA) is 80.3 Å². The summed E-state index contributed by atoms with van der Waals surface area (Å²) in [7, 11) is 0. The molecule has 6 nitrogen and oxygen atoms in total. The Hall–Kier alpha value is -3.04. The van der Waals surface area contributed by atoms with Gasteiger partial charge in [-0.2, -0.15) is 0 Å². The van der Waals surface area contributed by atoms with Gasteiger partial charge >= 0.3 is 0 Å². The molecule has 2 amide bonds. The lowest BCUT2D eigenvalue weighted by atomic mass is 10.2. The van der Waals surface area contributed by atoms with Crippen molar-refractivity contribution in [3.8, 4) is 17.0 Å². The van der Waals surface area contributed by atoms with Gasteiger partial charge in [0.25, 0.3) is 5.91 Å². The average molecular weight is 544 g/mol. The third-order valence-electron chi connectivity index (χ3n) is 4.58. The lowest BCUT2D eigenvalue weighted by Gasteiger charge is -2.08. The van der Waals surface area contributed by atoms with E-state index in [0.29, 0.717) is 32.3 Å². The fraction of sp³-hybridized carbons (Fsp3) is 0.0800. The molecule has 3 aromatic carbocycles. The van der Waals surface area contributed by atoms with Gasteiger partial charge in [0.1, 0.15) is 5.75 Å². The SMILES string of the molecule is O=C(COc1ccccc1)Nc1ccc(SCC(=O)Nc2nc(-c3ccc(Cl)cc3Cl)cs2)cc1. The molecule has 0 atom stereocenters. The average Bonchev–Trinajstić information content (AvgIpc) is 3.31. The predicted octanol–water partition coefficient (Wildman–Crippen LogP) is 6.87. The van der Waals surface area contributed by atoms with E-state index < -0.39 is 0 Å². The third kappa shape index (κ3) is 7.47. The van der Waals surface area contributed by atoms with Crippen LogP contribution in [0.2, 0.25) is 10.0 Å². The molecule has 4 aromatic rings. The molecule has 0 aliphatic rings. The van der Waals surface area contributed by atoms with E-state index in [1.807, 2.05) is 35.7 Å². The number of carbonyl (C=O) groups is 2. The van der Waals surface area contributed by atoms with Crippen molar-refractivity contribution in [2.75, 3.05) is 23.0 Å². The molecule has 0 aliphatic carbocycles. The summed E-state index contributed by atoms with van der Waals surface area (Å²) in [6.45, 7) is -0.0800. The Balaban J connectivity index is 1.23. The first-order valence-electron chi connectivity index (χ1n) is 10.4. The Morgan fingerprint density at radius 2 is 1.71 bits per heavy atom. The number of halogens is 2. The molecule has 0 spiro atoms. The maximum absolute atomic E-state index is 12.4. The quantitative estimate of drug-likeness (QED) is 0.225. The molecule has 0 saturated carbocycles. The van der Waals surface area contributed by atoms with Crippen LogP contribution in [0.5, 0.6) is 5.75 Å². The van der Waals surface area contributed by atoms with Crippen molar-refractivity contribution in [2.45, 2.75) is 4.90 Å². The highest BCUT2D eigenvalue weighted by molar-refractivity contribution is 8.00. The minimum Gasteiger partial charge on any atom is -0.484 e. The van der Waals surface area contributed by atoms with Gasteiger partial charge in [0.05, 0.1) is 16.5 Å². The van der Waals surface area contributed by atoms with E-state index in [-0.39, 0.29) is 24.2 Å². The molecule has 0 bridgehead atoms. The minimum atomic E-state index is -0.253. The number of amides is 2. The number of ether oxygens (including phenoxy) is 1. The second-order valence-electron chi connectivity index (χ2n) is 7.17. The molecule has 35 heavy (non-hydrogen) atoms. The zero-order valence-corrected chi connectivity index (χ0v) is 21.3. The zero-order valence-electron chi connectivity index (χ0n) is 18.2. The third-order valence-corrected chi connectivity index (χ3v) is 6.90. The van der Waals surface area contributed by atoms with E-state index in [2.05, 4.69) is 15.6 Å². The van der Waals surface area contributed by atoms with Gasteiger partial charge in [-0.3, -0.25) is 9.59 Å². The molecule has 0 radical (unpaired) electrons. The summed E-state index contributed by atoms with van der Waals surface area (Å²) >= 11 is 14.9. The monoisotopic (exact) mass is 543 g/mol. The molecule has 4 rings (SSSR count). The van der Waals surface area contributed by atoms with Gasteiger partial charge in [0.2, 0.25) is 5.91 Å². The summed E-state index contributed by atoms with van der Waals surface area (Å²) in [6, 6.07) is 21.6. The summed E-state index contributed by atoms with van der Waals surface area (Å²) in [5.41, 5.74) is 2.07. The predicted molar refractivity (Wildman–Crippen MR) is 144 cm³/mol. The lowest BCUT2D eigenvalue weighted by molar-refractivity contribution is -0.118. The maximum atomic E-state index is 12.4. The molecule has 10 heteroatoms. The van der Waals surface area contributed by atoms with Crippen LogP contribution >= 0.6 is 46.3 Å². The molecule has 1 aromatic heterocycles. The van der Waals surface area contributed by atoms with E-state index in [0.717, 1.165) is 10.5 Å². The number of para-hydroxylation sites is 1. The highest BCUT2D eigenvalue weighted by Crippen LogP contribution is 2.32. The van der Waals surface area contributed by atoms with Crippen LogP contribution in [0.15, 0.2) is 83.1 Å². The van der Waals surface area contributed by atoms with Crippen molar-refractivity contribution in [3.63, 3.8) is 0 Å². The van der Waals surface area contributed by atoms with Gasteiger partial charge in [0, 0.05) is 26.5 Å². The van der Waals surface area contributed by atoms with Gasteiger partial charge in [0.15, 0.2) is 11.7 Å². The summed E-state index contributed by atoms with van der Waals surface area (Å²) in [6.07, 6.45) is 0. The number of rotatable bonds is 9. The van der Waals surface area contributed by atoms with E-state index in [1.165, 1.54) is 23.1 Å². The maximum Gasteiger partial charge on any atom is 0.262 e. The first-order chi connectivity index (χ1) is 17.0. The molecular formula is C25H19Cl2N3O3S2. The van der Waals surface area contributed by atoms with Gasteiger partial charge < -0.3 is 15.4 Å². The largest absolute Gasteiger partial charge is 0.484 e. The smallest absolute Gasteiger partial charge is 0.262 e. The Morgan fingerprint density at radius 3 is 2.46 bits per heavy atom. The van der Waals surface area contributed by atoms with Crippen LogP contribution in [0.1, 0.15) is 0 Å². The second kappa shape index (κ2) is 12.1. The Morgan fingerprint density at radius 1 is 0.943 bits per heavy atom. The van der Waals surface area contributed by atoms with Gasteiger partial charge in [-0.25, -0.2) is 4.98 Å². The van der Waals surface area contributed by atoms with Crippen molar-refractivity contribution in [3.05, 3.63) is 88.2 Å². The summed E-state index contributed by atoms with van der Waals surface area (Å²) in [5.74, 6) is 0.424. The number of thioether (sulfide) groups is 1. The number of aromatic nitrogens is 1. The standard InChI is InChI=1S/C25H19Cl2N3O3S2/c26-16-6-11-20(21(27)12-16)22-14-35-25(29-22)30-24(32)15-34-19-9-7-17(8-10-19)28-23(31)13-33-18-4-2-1-3-5-18/h1-12,14H,13,15H2,(H,28,31)(H,29,30,32). The highest BCUT2D eigenvalue weighted by Gasteiger charge is 2.11. The van der Waals surface area contributed by atoms with Crippen molar-refractivity contribution >= 4 is 68.9 Å². The summed E-state index contributed by atoms with van der Waals surface area (Å²) < 4.78 is 5.44. The first-order valence-corrected chi connectivity index (χ1v) is 13.0. The lowest BCUT2D eigenvalue weighted by Crippen LogP contribution is -2.20. The van der Waals surface area contributed by atoms with Crippen LogP contribution in [-0.2, 0) is 9.59 Å². The number of nitrogens with zero attached hydrogens (tertiary/aromatic N) is 1. The molecular weight excluding hydrogens is 525 g/mol. The number of nitrogens with one attached hydrogen (secondary N) is 2. The van der Waals surface area contributed by atoms with E-state index in [9.17, 15) is 9.59 Å². The van der Waals surface area contributed by atoms with E-state index in [1.54, 1.807) is 42.5 Å². The molecule has 0 saturated heterocycles. The number of anilines is 2. The number of carbonyl (C=O) groups excluding carboxylic acids is 2. The van der Waals surface area contributed by atoms with E-state index >= 15 is 0 Å². The van der Waals surface area contributed by atoms with E-state index in [4.69, 9.17) is 27.9 Å². The van der Waals surface area contributed by atoms with Crippen LogP contribution < -0.4 is 15.4 Å². The molecule has 2 N–H and O–H groups in total. The summed E-state index contributed by atoms with van der Waals surface area (Å²) in [4.78, 5) is 29.8. The Kier molecular flexibility index (Phi) is 8.65. The Labute approximate surface area is 220 Å². The Bertz CT molecular complexity index is 1320. The van der Waals surface area contributed by atoms with Crippen LogP contribution in [0.25, 0.3) is 11.3 Å². The van der Waals surface area contributed by atoms with Crippen molar-refractivity contribution in [1.29, 1.82) is 0 Å². The van der Waals surface area contributed by atoms with Crippen LogP contribution in [0, 0.1) is 0 Å². The highest BCUT2D eigenvalue weighted by atomic mass is 35.5.